The van der Waals surface area contributed by atoms with Gasteiger partial charge in [0.1, 0.15) is 11.9 Å². The van der Waals surface area contributed by atoms with Crippen LogP contribution < -0.4 is 5.73 Å². The van der Waals surface area contributed by atoms with Crippen LogP contribution in [0, 0.1) is 5.82 Å². The zero-order chi connectivity index (χ0) is 13.4. The molecule has 0 saturated carbocycles. The van der Waals surface area contributed by atoms with Gasteiger partial charge in [-0.3, -0.25) is 0 Å². The van der Waals surface area contributed by atoms with Gasteiger partial charge in [-0.05, 0) is 18.2 Å². The summed E-state index contributed by atoms with van der Waals surface area (Å²) in [5.74, 6) is -6.51. The van der Waals surface area contributed by atoms with Gasteiger partial charge in [0.15, 0.2) is 0 Å². The van der Waals surface area contributed by atoms with Gasteiger partial charge in [-0.1, -0.05) is 11.6 Å². The highest BCUT2D eigenvalue weighted by Crippen LogP contribution is 2.44. The van der Waals surface area contributed by atoms with Crippen LogP contribution in [0.15, 0.2) is 18.2 Å². The van der Waals surface area contributed by atoms with E-state index in [0.717, 1.165) is 6.07 Å². The molecule has 1 nitrogen and oxygen atoms in total. The highest BCUT2D eigenvalue weighted by Gasteiger charge is 2.62. The van der Waals surface area contributed by atoms with Crippen molar-refractivity contribution in [2.75, 3.05) is 0 Å². The van der Waals surface area contributed by atoms with Crippen molar-refractivity contribution in [1.29, 1.82) is 0 Å². The number of alkyl halides is 5. The van der Waals surface area contributed by atoms with Crippen molar-refractivity contribution >= 4 is 24.0 Å². The fraction of sp³-hybridized carbons (Fsp3) is 0.333. The molecule has 1 aromatic carbocycles. The summed E-state index contributed by atoms with van der Waals surface area (Å²) < 4.78 is 74.9. The van der Waals surface area contributed by atoms with Crippen LogP contribution >= 0.6 is 24.0 Å². The molecule has 0 spiro atoms. The van der Waals surface area contributed by atoms with Crippen molar-refractivity contribution in [1.82, 2.24) is 0 Å². The molecule has 9 heteroatoms. The number of hydrogen-bond acceptors (Lipinski definition) is 1. The largest absolute Gasteiger partial charge is 0.455 e. The van der Waals surface area contributed by atoms with Crippen LogP contribution in [0.2, 0.25) is 5.02 Å². The maximum atomic E-state index is 13.1. The number of nitrogens with two attached hydrogens (primary N) is 1. The summed E-state index contributed by atoms with van der Waals surface area (Å²) in [6.07, 6.45) is -5.86. The lowest BCUT2D eigenvalue weighted by molar-refractivity contribution is -0.291. The van der Waals surface area contributed by atoms with E-state index in [1.807, 2.05) is 0 Å². The number of halogens is 8. The van der Waals surface area contributed by atoms with Crippen molar-refractivity contribution in [3.8, 4) is 0 Å². The highest BCUT2D eigenvalue weighted by molar-refractivity contribution is 6.30. The Kier molecular flexibility index (Phi) is 5.34. The molecular formula is C9H7Cl2F6N. The average molecular weight is 314 g/mol. The molecule has 0 fully saturated rings. The first-order valence-electron chi connectivity index (χ1n) is 4.22. The third kappa shape index (κ3) is 3.21. The third-order valence-electron chi connectivity index (χ3n) is 2.06. The van der Waals surface area contributed by atoms with Gasteiger partial charge in [-0.15, -0.1) is 12.4 Å². The second-order valence-electron chi connectivity index (χ2n) is 3.26. The summed E-state index contributed by atoms with van der Waals surface area (Å²) in [6.45, 7) is 0. The van der Waals surface area contributed by atoms with Gasteiger partial charge in [-0.25, -0.2) is 4.39 Å². The lowest BCUT2D eigenvalue weighted by Gasteiger charge is -2.26. The maximum absolute atomic E-state index is 13.1. The summed E-state index contributed by atoms with van der Waals surface area (Å²) in [6, 6.07) is -0.523. The molecule has 104 valence electrons. The molecular weight excluding hydrogens is 307 g/mol. The molecule has 0 unspecified atom stereocenters. The van der Waals surface area contributed by atoms with E-state index in [1.165, 1.54) is 0 Å². The standard InChI is InChI=1S/C9H6ClF6N.ClH/c10-4-1-2-6(11)5(3-4)7(17)8(12,13)9(14,15)16;/h1-3,7H,17H2;1H/t7-;/m1./s1. The van der Waals surface area contributed by atoms with Crippen LogP contribution in [-0.2, 0) is 0 Å². The summed E-state index contributed by atoms with van der Waals surface area (Å²) >= 11 is 5.38. The smallest absolute Gasteiger partial charge is 0.319 e. The van der Waals surface area contributed by atoms with Gasteiger partial charge in [0, 0.05) is 10.6 Å². The van der Waals surface area contributed by atoms with Gasteiger partial charge in [-0.2, -0.15) is 22.0 Å². The van der Waals surface area contributed by atoms with E-state index < -0.39 is 29.5 Å². The minimum absolute atomic E-state index is 0. The van der Waals surface area contributed by atoms with Gasteiger partial charge >= 0.3 is 12.1 Å². The van der Waals surface area contributed by atoms with Crippen molar-refractivity contribution in [2.24, 2.45) is 5.73 Å². The monoisotopic (exact) mass is 313 g/mol. The SMILES string of the molecule is Cl.N[C@H](c1cc(Cl)ccc1F)C(F)(F)C(F)(F)F. The van der Waals surface area contributed by atoms with E-state index >= 15 is 0 Å². The molecule has 0 saturated heterocycles. The number of benzene rings is 1. The zero-order valence-corrected chi connectivity index (χ0v) is 10.0. The van der Waals surface area contributed by atoms with E-state index in [0.29, 0.717) is 12.1 Å². The van der Waals surface area contributed by atoms with Crippen LogP contribution in [0.1, 0.15) is 11.6 Å². The fourth-order valence-electron chi connectivity index (χ4n) is 1.12. The second-order valence-corrected chi connectivity index (χ2v) is 3.70. The van der Waals surface area contributed by atoms with Crippen LogP contribution in [0.25, 0.3) is 0 Å². The van der Waals surface area contributed by atoms with Crippen LogP contribution in [0.4, 0.5) is 26.3 Å². The van der Waals surface area contributed by atoms with E-state index in [4.69, 9.17) is 17.3 Å². The molecule has 0 radical (unpaired) electrons. The van der Waals surface area contributed by atoms with E-state index in [-0.39, 0.29) is 17.4 Å². The molecule has 2 N–H and O–H groups in total. The van der Waals surface area contributed by atoms with Gasteiger partial charge in [0.05, 0.1) is 0 Å². The Hall–Kier alpha value is -0.660. The van der Waals surface area contributed by atoms with Crippen molar-refractivity contribution in [3.63, 3.8) is 0 Å². The maximum Gasteiger partial charge on any atom is 0.455 e. The summed E-state index contributed by atoms with van der Waals surface area (Å²) in [5, 5.41) is -0.185. The van der Waals surface area contributed by atoms with Gasteiger partial charge < -0.3 is 5.73 Å². The molecule has 0 aliphatic rings. The highest BCUT2D eigenvalue weighted by atomic mass is 35.5. The summed E-state index contributed by atoms with van der Waals surface area (Å²) in [4.78, 5) is 0. The first-order valence-corrected chi connectivity index (χ1v) is 4.60. The zero-order valence-electron chi connectivity index (χ0n) is 8.44. The number of rotatable bonds is 2. The van der Waals surface area contributed by atoms with Crippen molar-refractivity contribution in [3.05, 3.63) is 34.6 Å². The fourth-order valence-corrected chi connectivity index (χ4v) is 1.31. The van der Waals surface area contributed by atoms with E-state index in [9.17, 15) is 26.3 Å². The first-order chi connectivity index (χ1) is 7.57. The molecule has 0 aromatic heterocycles. The predicted octanol–water partition coefficient (Wildman–Crippen LogP) is 4.10. The second kappa shape index (κ2) is 5.54. The van der Waals surface area contributed by atoms with Gasteiger partial charge in [0.25, 0.3) is 0 Å². The quantitative estimate of drug-likeness (QED) is 0.817. The average Bonchev–Trinajstić information content (AvgIpc) is 2.19. The Bertz CT molecular complexity index is 420. The molecule has 18 heavy (non-hydrogen) atoms. The minimum Gasteiger partial charge on any atom is -0.319 e. The van der Waals surface area contributed by atoms with Crippen molar-refractivity contribution in [2.45, 2.75) is 18.1 Å². The molecule has 0 aliphatic carbocycles. The van der Waals surface area contributed by atoms with Crippen LogP contribution in [-0.4, -0.2) is 12.1 Å². The molecule has 0 aliphatic heterocycles. The Morgan fingerprint density at radius 3 is 2.06 bits per heavy atom. The minimum atomic E-state index is -5.86. The Labute approximate surface area is 109 Å². The first kappa shape index (κ1) is 17.3. The Balaban J connectivity index is 0.00000289. The van der Waals surface area contributed by atoms with Crippen molar-refractivity contribution < 1.29 is 26.3 Å². The summed E-state index contributed by atoms with van der Waals surface area (Å²) in [5.41, 5.74) is 3.77. The molecule has 1 rings (SSSR count). The van der Waals surface area contributed by atoms with Crippen LogP contribution in [0.3, 0.4) is 0 Å². The lowest BCUT2D eigenvalue weighted by atomic mass is 10.0. The van der Waals surface area contributed by atoms with E-state index in [2.05, 4.69) is 0 Å². The number of hydrogen-bond donors (Lipinski definition) is 1. The molecule has 0 heterocycles. The summed E-state index contributed by atoms with van der Waals surface area (Å²) in [7, 11) is 0. The third-order valence-corrected chi connectivity index (χ3v) is 2.30. The normalized spacial score (nSPS) is 14.0. The van der Waals surface area contributed by atoms with E-state index in [1.54, 1.807) is 0 Å². The topological polar surface area (TPSA) is 26.0 Å². The molecule has 1 atom stereocenters. The Morgan fingerprint density at radius 2 is 1.61 bits per heavy atom. The molecule has 0 bridgehead atoms. The molecule has 0 amide bonds. The van der Waals surface area contributed by atoms with Crippen LogP contribution in [0.5, 0.6) is 0 Å². The molecule has 1 aromatic rings. The lowest BCUT2D eigenvalue weighted by Crippen LogP contribution is -2.46. The van der Waals surface area contributed by atoms with Gasteiger partial charge in [0.2, 0.25) is 0 Å². The Morgan fingerprint density at radius 1 is 1.11 bits per heavy atom. The predicted molar refractivity (Wildman–Crippen MR) is 56.6 cm³/mol.